The predicted molar refractivity (Wildman–Crippen MR) is 101 cm³/mol. The molecule has 1 saturated carbocycles. The number of nitrogens with one attached hydrogen (secondary N) is 1. The van der Waals surface area contributed by atoms with E-state index in [1.54, 1.807) is 20.2 Å². The number of carbonyl (C=O) groups is 1. The van der Waals surface area contributed by atoms with Gasteiger partial charge in [-0.25, -0.2) is 0 Å². The van der Waals surface area contributed by atoms with E-state index in [4.69, 9.17) is 26.4 Å². The summed E-state index contributed by atoms with van der Waals surface area (Å²) < 4.78 is 54.4. The van der Waals surface area contributed by atoms with Crippen LogP contribution in [0.2, 0.25) is 0 Å². The standard InChI is InChI=1S/C19H21F3N2O4S/c1-24-15(25)19(23-16(24)29)13-9-12(27-10-18(20,21)22)3-4-14(13)28-17(19)7-5-11(26-2)6-8-17/h3-4,9,11H,5-8,10H2,1-2H3,(H,23,29). The number of hydrogen-bond donors (Lipinski definition) is 1. The molecule has 1 amide bonds. The summed E-state index contributed by atoms with van der Waals surface area (Å²) in [7, 11) is 3.22. The minimum absolute atomic E-state index is 0.0155. The Balaban J connectivity index is 1.76. The molecule has 1 N–H and O–H groups in total. The number of halogens is 3. The van der Waals surface area contributed by atoms with Crippen LogP contribution in [0.4, 0.5) is 13.2 Å². The van der Waals surface area contributed by atoms with Gasteiger partial charge in [0, 0.05) is 19.7 Å². The fourth-order valence-corrected chi connectivity index (χ4v) is 4.82. The Morgan fingerprint density at radius 3 is 2.59 bits per heavy atom. The fraction of sp³-hybridized carbons (Fsp3) is 0.579. The Morgan fingerprint density at radius 2 is 2.03 bits per heavy atom. The van der Waals surface area contributed by atoms with Crippen LogP contribution in [0.1, 0.15) is 31.2 Å². The first-order valence-corrected chi connectivity index (χ1v) is 9.69. The van der Waals surface area contributed by atoms with Crippen LogP contribution in [0.3, 0.4) is 0 Å². The van der Waals surface area contributed by atoms with Crippen molar-refractivity contribution < 1.29 is 32.2 Å². The zero-order valence-electron chi connectivity index (χ0n) is 16.0. The van der Waals surface area contributed by atoms with Crippen molar-refractivity contribution in [3.63, 3.8) is 0 Å². The van der Waals surface area contributed by atoms with Gasteiger partial charge in [-0.3, -0.25) is 9.69 Å². The number of ether oxygens (including phenoxy) is 3. The van der Waals surface area contributed by atoms with Crippen LogP contribution in [0, 0.1) is 0 Å². The Bertz CT molecular complexity index is 854. The van der Waals surface area contributed by atoms with Crippen LogP contribution >= 0.6 is 12.2 Å². The van der Waals surface area contributed by atoms with Crippen molar-refractivity contribution in [3.05, 3.63) is 23.8 Å². The number of thiocarbonyl (C=S) groups is 1. The average Bonchev–Trinajstić information content (AvgIpc) is 3.07. The Hall–Kier alpha value is -2.07. The molecule has 10 heteroatoms. The molecule has 1 aliphatic carbocycles. The molecule has 29 heavy (non-hydrogen) atoms. The highest BCUT2D eigenvalue weighted by Crippen LogP contribution is 2.57. The SMILES string of the molecule is COC1CCC2(CC1)Oc1ccc(OCC(F)(F)F)cc1C21NC(=S)N(C)C1=O. The van der Waals surface area contributed by atoms with E-state index in [1.165, 1.54) is 17.0 Å². The van der Waals surface area contributed by atoms with Gasteiger partial charge < -0.3 is 19.5 Å². The molecule has 158 valence electrons. The molecule has 4 rings (SSSR count). The van der Waals surface area contributed by atoms with Crippen molar-refractivity contribution in [3.8, 4) is 11.5 Å². The third-order valence-corrected chi connectivity index (χ3v) is 6.42. The minimum Gasteiger partial charge on any atom is -0.484 e. The van der Waals surface area contributed by atoms with Gasteiger partial charge in [-0.2, -0.15) is 13.2 Å². The van der Waals surface area contributed by atoms with E-state index in [2.05, 4.69) is 5.32 Å². The lowest BCUT2D eigenvalue weighted by Gasteiger charge is -2.44. The van der Waals surface area contributed by atoms with E-state index in [0.717, 1.165) is 0 Å². The number of amides is 1. The van der Waals surface area contributed by atoms with E-state index in [0.29, 0.717) is 37.0 Å². The average molecular weight is 430 g/mol. The number of rotatable bonds is 3. The maximum absolute atomic E-state index is 13.4. The van der Waals surface area contributed by atoms with Crippen molar-refractivity contribution in [2.45, 2.75) is 49.1 Å². The van der Waals surface area contributed by atoms with E-state index in [1.807, 2.05) is 0 Å². The Labute approximate surface area is 171 Å². The quantitative estimate of drug-likeness (QED) is 0.745. The van der Waals surface area contributed by atoms with Crippen LogP contribution in [-0.2, 0) is 15.1 Å². The number of benzene rings is 1. The topological polar surface area (TPSA) is 60.0 Å². The number of fused-ring (bicyclic) bond motifs is 3. The molecule has 1 aromatic rings. The molecule has 1 unspecified atom stereocenters. The van der Waals surface area contributed by atoms with Crippen LogP contribution in [0.15, 0.2) is 18.2 Å². The molecule has 0 aromatic heterocycles. The molecule has 2 heterocycles. The molecule has 1 aromatic carbocycles. The molecule has 1 saturated heterocycles. The Morgan fingerprint density at radius 1 is 1.34 bits per heavy atom. The van der Waals surface area contributed by atoms with Gasteiger partial charge >= 0.3 is 6.18 Å². The van der Waals surface area contributed by atoms with E-state index < -0.39 is 23.9 Å². The van der Waals surface area contributed by atoms with Gasteiger partial charge in [-0.05, 0) is 56.1 Å². The summed E-state index contributed by atoms with van der Waals surface area (Å²) in [4.78, 5) is 14.7. The molecule has 1 atom stereocenters. The minimum atomic E-state index is -4.46. The number of methoxy groups -OCH3 is 1. The fourth-order valence-electron chi connectivity index (χ4n) is 4.58. The van der Waals surface area contributed by atoms with Crippen molar-refractivity contribution in [2.24, 2.45) is 0 Å². The van der Waals surface area contributed by atoms with E-state index >= 15 is 0 Å². The zero-order chi connectivity index (χ0) is 21.0. The van der Waals surface area contributed by atoms with Crippen LogP contribution < -0.4 is 14.8 Å². The molecular formula is C19H21F3N2O4S. The van der Waals surface area contributed by atoms with E-state index in [-0.39, 0.29) is 22.9 Å². The number of likely N-dealkylation sites (N-methyl/N-ethyl adjacent to an activating group) is 1. The first-order valence-electron chi connectivity index (χ1n) is 9.28. The van der Waals surface area contributed by atoms with Crippen LogP contribution in [0.25, 0.3) is 0 Å². The highest BCUT2D eigenvalue weighted by atomic mass is 32.1. The van der Waals surface area contributed by atoms with Gasteiger partial charge in [0.1, 0.15) is 17.1 Å². The second-order valence-electron chi connectivity index (χ2n) is 7.64. The molecule has 2 aliphatic heterocycles. The lowest BCUT2D eigenvalue weighted by Crippen LogP contribution is -2.62. The van der Waals surface area contributed by atoms with Gasteiger partial charge in [0.2, 0.25) is 0 Å². The highest BCUT2D eigenvalue weighted by molar-refractivity contribution is 7.80. The summed E-state index contributed by atoms with van der Waals surface area (Å²) in [6.07, 6.45) is -1.94. The Kier molecular flexibility index (Phi) is 4.69. The summed E-state index contributed by atoms with van der Waals surface area (Å²) in [5.41, 5.74) is -1.76. The van der Waals surface area contributed by atoms with Crippen molar-refractivity contribution in [1.29, 1.82) is 0 Å². The lowest BCUT2D eigenvalue weighted by molar-refractivity contribution is -0.153. The van der Waals surface area contributed by atoms with Crippen LogP contribution in [-0.4, -0.2) is 54.6 Å². The van der Waals surface area contributed by atoms with Gasteiger partial charge in [-0.15, -0.1) is 0 Å². The van der Waals surface area contributed by atoms with Crippen LogP contribution in [0.5, 0.6) is 11.5 Å². The molecule has 3 aliphatic rings. The monoisotopic (exact) mass is 430 g/mol. The number of alkyl halides is 3. The smallest absolute Gasteiger partial charge is 0.422 e. The molecule has 0 bridgehead atoms. The molecule has 6 nitrogen and oxygen atoms in total. The zero-order valence-corrected chi connectivity index (χ0v) is 16.8. The number of nitrogens with zero attached hydrogens (tertiary/aromatic N) is 1. The third-order valence-electron chi connectivity index (χ3n) is 6.04. The predicted octanol–water partition coefficient (Wildman–Crippen LogP) is 2.89. The van der Waals surface area contributed by atoms with Gasteiger partial charge in [0.25, 0.3) is 5.91 Å². The number of carbonyl (C=O) groups excluding carboxylic acids is 1. The van der Waals surface area contributed by atoms with Gasteiger partial charge in [0.15, 0.2) is 17.3 Å². The van der Waals surface area contributed by atoms with Crippen molar-refractivity contribution in [2.75, 3.05) is 20.8 Å². The number of hydrogen-bond acceptors (Lipinski definition) is 5. The summed E-state index contributed by atoms with van der Waals surface area (Å²) >= 11 is 5.32. The summed E-state index contributed by atoms with van der Waals surface area (Å²) in [6, 6.07) is 4.42. The third kappa shape index (κ3) is 3.04. The molecule has 0 radical (unpaired) electrons. The maximum Gasteiger partial charge on any atom is 0.422 e. The molecule has 2 spiro atoms. The van der Waals surface area contributed by atoms with Gasteiger partial charge in [-0.1, -0.05) is 0 Å². The van der Waals surface area contributed by atoms with Gasteiger partial charge in [0.05, 0.1) is 6.10 Å². The first kappa shape index (κ1) is 20.2. The van der Waals surface area contributed by atoms with E-state index in [9.17, 15) is 18.0 Å². The highest BCUT2D eigenvalue weighted by Gasteiger charge is 2.69. The second-order valence-corrected chi connectivity index (χ2v) is 8.02. The second kappa shape index (κ2) is 6.73. The van der Waals surface area contributed by atoms with Crippen molar-refractivity contribution in [1.82, 2.24) is 10.2 Å². The maximum atomic E-state index is 13.4. The lowest BCUT2D eigenvalue weighted by atomic mass is 9.68. The summed E-state index contributed by atoms with van der Waals surface area (Å²) in [6.45, 7) is -1.42. The largest absolute Gasteiger partial charge is 0.484 e. The normalized spacial score (nSPS) is 31.2. The molecule has 2 fully saturated rings. The summed E-state index contributed by atoms with van der Waals surface area (Å²) in [5, 5.41) is 3.39. The first-order chi connectivity index (χ1) is 13.6. The van der Waals surface area contributed by atoms with Crippen molar-refractivity contribution >= 4 is 23.2 Å². The molecular weight excluding hydrogens is 409 g/mol. The summed E-state index contributed by atoms with van der Waals surface area (Å²) in [5.74, 6) is 0.172.